The molecule has 0 aliphatic heterocycles. The van der Waals surface area contributed by atoms with E-state index in [9.17, 15) is 8.42 Å². The molecule has 0 atom stereocenters. The van der Waals surface area contributed by atoms with Crippen LogP contribution in [0.4, 0.5) is 5.69 Å². The van der Waals surface area contributed by atoms with Crippen LogP contribution in [-0.4, -0.2) is 14.7 Å². The highest BCUT2D eigenvalue weighted by Gasteiger charge is 2.02. The van der Waals surface area contributed by atoms with Crippen LogP contribution in [0.2, 0.25) is 0 Å². The monoisotopic (exact) mass is 246 g/mol. The Bertz CT molecular complexity index is 589. The van der Waals surface area contributed by atoms with Crippen molar-refractivity contribution >= 4 is 15.7 Å². The number of nitrogens with one attached hydrogen (secondary N) is 1. The molecular formula is C13H12NO2S. The standard InChI is InChI=1S/C13H12NO2S/c1-17(15,16)14-13-9-7-12(8-10-13)11-5-3-2-4-6-11/h2-3,5-10,14H,1H3. The number of sulfonamides is 1. The minimum Gasteiger partial charge on any atom is -0.284 e. The van der Waals surface area contributed by atoms with Crippen molar-refractivity contribution in [1.82, 2.24) is 0 Å². The lowest BCUT2D eigenvalue weighted by molar-refractivity contribution is 0.607. The average molecular weight is 246 g/mol. The molecule has 0 unspecified atom stereocenters. The maximum atomic E-state index is 11.0. The fourth-order valence-corrected chi connectivity index (χ4v) is 2.08. The van der Waals surface area contributed by atoms with Crippen LogP contribution in [0.3, 0.4) is 0 Å². The molecule has 0 saturated carbocycles. The average Bonchev–Trinajstić information content (AvgIpc) is 2.29. The summed E-state index contributed by atoms with van der Waals surface area (Å²) in [5.41, 5.74) is 2.65. The van der Waals surface area contributed by atoms with Gasteiger partial charge in [0.25, 0.3) is 0 Å². The smallest absolute Gasteiger partial charge is 0.229 e. The summed E-state index contributed by atoms with van der Waals surface area (Å²) >= 11 is 0. The van der Waals surface area contributed by atoms with Crippen LogP contribution in [0.1, 0.15) is 0 Å². The topological polar surface area (TPSA) is 46.2 Å². The first kappa shape index (κ1) is 11.7. The van der Waals surface area contributed by atoms with Crippen molar-refractivity contribution in [3.63, 3.8) is 0 Å². The van der Waals surface area contributed by atoms with Gasteiger partial charge >= 0.3 is 0 Å². The number of hydrogen-bond acceptors (Lipinski definition) is 2. The summed E-state index contributed by atoms with van der Waals surface area (Å²) in [7, 11) is -3.21. The fourth-order valence-electron chi connectivity index (χ4n) is 1.52. The Hall–Kier alpha value is -1.81. The first-order valence-corrected chi connectivity index (χ1v) is 6.98. The summed E-state index contributed by atoms with van der Waals surface area (Å²) in [5, 5.41) is 0. The largest absolute Gasteiger partial charge is 0.284 e. The highest BCUT2D eigenvalue weighted by Crippen LogP contribution is 2.21. The summed E-state index contributed by atoms with van der Waals surface area (Å²) < 4.78 is 24.5. The van der Waals surface area contributed by atoms with Crippen LogP contribution in [0, 0.1) is 6.07 Å². The van der Waals surface area contributed by atoms with Crippen LogP contribution >= 0.6 is 0 Å². The van der Waals surface area contributed by atoms with Gasteiger partial charge in [-0.15, -0.1) is 0 Å². The molecule has 3 nitrogen and oxygen atoms in total. The van der Waals surface area contributed by atoms with Crippen molar-refractivity contribution in [2.75, 3.05) is 11.0 Å². The van der Waals surface area contributed by atoms with Gasteiger partial charge in [-0.1, -0.05) is 30.3 Å². The molecule has 0 aliphatic carbocycles. The van der Waals surface area contributed by atoms with Gasteiger partial charge < -0.3 is 0 Å². The van der Waals surface area contributed by atoms with Crippen molar-refractivity contribution in [2.45, 2.75) is 0 Å². The van der Waals surface area contributed by atoms with Crippen molar-refractivity contribution in [1.29, 1.82) is 0 Å². The van der Waals surface area contributed by atoms with E-state index in [0.717, 1.165) is 17.4 Å². The van der Waals surface area contributed by atoms with E-state index < -0.39 is 10.0 Å². The summed E-state index contributed by atoms with van der Waals surface area (Å²) in [4.78, 5) is 0. The van der Waals surface area contributed by atoms with E-state index in [0.29, 0.717) is 5.69 Å². The molecule has 0 aliphatic rings. The molecule has 87 valence electrons. The highest BCUT2D eigenvalue weighted by molar-refractivity contribution is 7.92. The normalized spacial score (nSPS) is 11.1. The van der Waals surface area contributed by atoms with Gasteiger partial charge in [0.2, 0.25) is 10.0 Å². The number of rotatable bonds is 3. The van der Waals surface area contributed by atoms with Gasteiger partial charge in [-0.25, -0.2) is 8.42 Å². The van der Waals surface area contributed by atoms with E-state index in [2.05, 4.69) is 10.8 Å². The Morgan fingerprint density at radius 2 is 1.76 bits per heavy atom. The second kappa shape index (κ2) is 4.59. The SMILES string of the molecule is CS(=O)(=O)Nc1ccc(-c2c[c]ccc2)cc1. The highest BCUT2D eigenvalue weighted by atomic mass is 32.2. The Kier molecular flexibility index (Phi) is 3.15. The molecule has 4 heteroatoms. The first-order chi connectivity index (χ1) is 8.04. The second-order valence-corrected chi connectivity index (χ2v) is 5.49. The van der Waals surface area contributed by atoms with Gasteiger partial charge in [0.05, 0.1) is 6.26 Å². The van der Waals surface area contributed by atoms with Gasteiger partial charge in [-0.2, -0.15) is 0 Å². The summed E-state index contributed by atoms with van der Waals surface area (Å²) in [6, 6.07) is 17.8. The Balaban J connectivity index is 2.25. The molecule has 17 heavy (non-hydrogen) atoms. The molecule has 0 amide bonds. The van der Waals surface area contributed by atoms with Gasteiger partial charge in [0.1, 0.15) is 0 Å². The quantitative estimate of drug-likeness (QED) is 0.904. The second-order valence-electron chi connectivity index (χ2n) is 3.74. The molecule has 1 radical (unpaired) electrons. The molecule has 0 aromatic heterocycles. The van der Waals surface area contributed by atoms with Crippen molar-refractivity contribution in [3.8, 4) is 11.1 Å². The zero-order chi connectivity index (χ0) is 12.3. The van der Waals surface area contributed by atoms with Crippen LogP contribution in [0.5, 0.6) is 0 Å². The fraction of sp³-hybridized carbons (Fsp3) is 0.0769. The Labute approximate surface area is 101 Å². The Morgan fingerprint density at radius 3 is 2.29 bits per heavy atom. The van der Waals surface area contributed by atoms with Crippen molar-refractivity contribution in [2.24, 2.45) is 0 Å². The lowest BCUT2D eigenvalue weighted by Gasteiger charge is -2.05. The molecule has 0 heterocycles. The zero-order valence-electron chi connectivity index (χ0n) is 9.34. The lowest BCUT2D eigenvalue weighted by atomic mass is 10.1. The van der Waals surface area contributed by atoms with E-state index in [-0.39, 0.29) is 0 Å². The third kappa shape index (κ3) is 3.32. The van der Waals surface area contributed by atoms with Gasteiger partial charge in [0, 0.05) is 5.69 Å². The number of hydrogen-bond donors (Lipinski definition) is 1. The van der Waals surface area contributed by atoms with Crippen LogP contribution in [0.25, 0.3) is 11.1 Å². The predicted octanol–water partition coefficient (Wildman–Crippen LogP) is 2.53. The first-order valence-electron chi connectivity index (χ1n) is 5.09. The summed E-state index contributed by atoms with van der Waals surface area (Å²) in [6.45, 7) is 0. The van der Waals surface area contributed by atoms with E-state index in [4.69, 9.17) is 0 Å². The molecule has 2 rings (SSSR count). The minimum atomic E-state index is -3.21. The molecule has 0 bridgehead atoms. The van der Waals surface area contributed by atoms with E-state index >= 15 is 0 Å². The van der Waals surface area contributed by atoms with E-state index in [1.807, 2.05) is 36.4 Å². The molecule has 0 spiro atoms. The molecule has 0 saturated heterocycles. The van der Waals surface area contributed by atoms with Gasteiger partial charge in [-0.3, -0.25) is 4.72 Å². The van der Waals surface area contributed by atoms with E-state index in [1.165, 1.54) is 0 Å². The molecule has 2 aromatic carbocycles. The maximum absolute atomic E-state index is 11.0. The van der Waals surface area contributed by atoms with Crippen molar-refractivity contribution in [3.05, 3.63) is 54.6 Å². The third-order valence-corrected chi connectivity index (χ3v) is 2.84. The predicted molar refractivity (Wildman–Crippen MR) is 69.2 cm³/mol. The molecular weight excluding hydrogens is 234 g/mol. The third-order valence-electron chi connectivity index (χ3n) is 2.23. The lowest BCUT2D eigenvalue weighted by Crippen LogP contribution is -2.09. The minimum absolute atomic E-state index is 0.566. The van der Waals surface area contributed by atoms with E-state index in [1.54, 1.807) is 12.1 Å². The molecule has 2 aromatic rings. The number of benzene rings is 2. The molecule has 1 N–H and O–H groups in total. The van der Waals surface area contributed by atoms with Crippen LogP contribution < -0.4 is 4.72 Å². The number of anilines is 1. The van der Waals surface area contributed by atoms with Crippen LogP contribution in [-0.2, 0) is 10.0 Å². The maximum Gasteiger partial charge on any atom is 0.229 e. The summed E-state index contributed by atoms with van der Waals surface area (Å²) in [5.74, 6) is 0. The zero-order valence-corrected chi connectivity index (χ0v) is 10.2. The molecule has 0 fully saturated rings. The van der Waals surface area contributed by atoms with Gasteiger partial charge in [-0.05, 0) is 35.4 Å². The van der Waals surface area contributed by atoms with Gasteiger partial charge in [0.15, 0.2) is 0 Å². The van der Waals surface area contributed by atoms with Crippen molar-refractivity contribution < 1.29 is 8.42 Å². The van der Waals surface area contributed by atoms with Crippen LogP contribution in [0.15, 0.2) is 48.5 Å². The Morgan fingerprint density at radius 1 is 1.06 bits per heavy atom. The summed E-state index contributed by atoms with van der Waals surface area (Å²) in [6.07, 6.45) is 1.13.